The van der Waals surface area contributed by atoms with Gasteiger partial charge in [-0.3, -0.25) is 9.59 Å². The number of allylic oxidation sites excluding steroid dienone is 2. The molecule has 2 atom stereocenters. The third-order valence-electron chi connectivity index (χ3n) is 4.54. The van der Waals surface area contributed by atoms with E-state index in [1.165, 1.54) is 24.3 Å². The van der Waals surface area contributed by atoms with Crippen LogP contribution in [0.15, 0.2) is 35.9 Å². The van der Waals surface area contributed by atoms with Gasteiger partial charge in [-0.25, -0.2) is 9.13 Å². The van der Waals surface area contributed by atoms with Crippen molar-refractivity contribution in [2.24, 2.45) is 5.92 Å². The topological polar surface area (TPSA) is 43.4 Å². The molecule has 0 spiro atoms. The van der Waals surface area contributed by atoms with E-state index in [0.29, 0.717) is 6.42 Å². The quantitative estimate of drug-likeness (QED) is 0.506. The highest BCUT2D eigenvalue weighted by molar-refractivity contribution is 6.24. The SMILES string of the molecule is CCCCC(CC(F)(OC(F)(F)F)C(F)(F)F)C1=CC(=O)c2ccccc2C1=O. The number of benzene rings is 1. The average molecular weight is 426 g/mol. The number of halogens is 7. The van der Waals surface area contributed by atoms with Crippen molar-refractivity contribution < 1.29 is 45.1 Å². The minimum atomic E-state index is -6.01. The lowest BCUT2D eigenvalue weighted by Gasteiger charge is -2.33. The molecule has 1 aliphatic carbocycles. The maximum Gasteiger partial charge on any atom is 0.525 e. The Balaban J connectivity index is 2.46. The molecule has 0 N–H and O–H groups in total. The van der Waals surface area contributed by atoms with Gasteiger partial charge in [0.05, 0.1) is 0 Å². The van der Waals surface area contributed by atoms with Crippen molar-refractivity contribution in [2.75, 3.05) is 0 Å². The average Bonchev–Trinajstić information content (AvgIpc) is 2.59. The van der Waals surface area contributed by atoms with E-state index in [-0.39, 0.29) is 24.0 Å². The fourth-order valence-corrected chi connectivity index (χ4v) is 3.17. The Morgan fingerprint density at radius 3 is 2.07 bits per heavy atom. The fourth-order valence-electron chi connectivity index (χ4n) is 3.17. The number of rotatable bonds is 7. The summed E-state index contributed by atoms with van der Waals surface area (Å²) in [6, 6.07) is 5.52. The predicted molar refractivity (Wildman–Crippen MR) is 87.9 cm³/mol. The lowest BCUT2D eigenvalue weighted by Crippen LogP contribution is -2.48. The summed E-state index contributed by atoms with van der Waals surface area (Å²) in [4.78, 5) is 25.0. The number of Topliss-reactive ketones (excluding diaryl/α,β-unsaturated/α-hetero) is 1. The number of carbonyl (C=O) groups excluding carboxylic acids is 2. The molecule has 0 amide bonds. The second-order valence-electron chi connectivity index (χ2n) is 6.66. The molecule has 0 bridgehead atoms. The van der Waals surface area contributed by atoms with Crippen LogP contribution in [-0.4, -0.2) is 30.0 Å². The minimum Gasteiger partial charge on any atom is -0.289 e. The first-order valence-electron chi connectivity index (χ1n) is 8.71. The van der Waals surface area contributed by atoms with Crippen molar-refractivity contribution in [3.05, 3.63) is 47.0 Å². The molecule has 0 saturated heterocycles. The van der Waals surface area contributed by atoms with Gasteiger partial charge in [0.1, 0.15) is 0 Å². The van der Waals surface area contributed by atoms with Gasteiger partial charge in [-0.05, 0) is 18.4 Å². The van der Waals surface area contributed by atoms with E-state index in [4.69, 9.17) is 0 Å². The molecular weight excluding hydrogens is 409 g/mol. The molecule has 1 aromatic carbocycles. The summed E-state index contributed by atoms with van der Waals surface area (Å²) in [5, 5.41) is 0. The van der Waals surface area contributed by atoms with Gasteiger partial charge in [0.15, 0.2) is 11.6 Å². The van der Waals surface area contributed by atoms with E-state index in [2.05, 4.69) is 4.74 Å². The highest BCUT2D eigenvalue weighted by atomic mass is 19.4. The lowest BCUT2D eigenvalue weighted by molar-refractivity contribution is -0.450. The van der Waals surface area contributed by atoms with Gasteiger partial charge in [-0.15, -0.1) is 13.2 Å². The second-order valence-corrected chi connectivity index (χ2v) is 6.66. The zero-order chi connectivity index (χ0) is 22.0. The monoisotopic (exact) mass is 426 g/mol. The minimum absolute atomic E-state index is 0.0179. The summed E-state index contributed by atoms with van der Waals surface area (Å²) in [5.41, 5.74) is -0.534. The van der Waals surface area contributed by atoms with E-state index >= 15 is 0 Å². The molecule has 2 rings (SSSR count). The zero-order valence-corrected chi connectivity index (χ0v) is 15.2. The van der Waals surface area contributed by atoms with Crippen LogP contribution in [0.4, 0.5) is 30.7 Å². The first kappa shape index (κ1) is 23.1. The summed E-state index contributed by atoms with van der Waals surface area (Å²) >= 11 is 0. The smallest absolute Gasteiger partial charge is 0.289 e. The van der Waals surface area contributed by atoms with Gasteiger partial charge in [-0.2, -0.15) is 13.2 Å². The number of ether oxygens (including phenoxy) is 1. The Bertz CT molecular complexity index is 811. The van der Waals surface area contributed by atoms with Crippen LogP contribution in [0.2, 0.25) is 0 Å². The largest absolute Gasteiger partial charge is 0.525 e. The molecule has 1 aromatic rings. The van der Waals surface area contributed by atoms with Crippen molar-refractivity contribution in [1.82, 2.24) is 0 Å². The van der Waals surface area contributed by atoms with Gasteiger partial charge in [0.25, 0.3) is 0 Å². The van der Waals surface area contributed by atoms with Crippen molar-refractivity contribution in [3.8, 4) is 0 Å². The Labute approximate surface area is 161 Å². The van der Waals surface area contributed by atoms with E-state index in [1.807, 2.05) is 0 Å². The number of fused-ring (bicyclic) bond motifs is 1. The number of alkyl halides is 7. The number of hydrogen-bond acceptors (Lipinski definition) is 3. The molecule has 2 unspecified atom stereocenters. The van der Waals surface area contributed by atoms with E-state index in [1.54, 1.807) is 6.92 Å². The van der Waals surface area contributed by atoms with E-state index < -0.39 is 47.9 Å². The maximum absolute atomic E-state index is 14.5. The molecule has 29 heavy (non-hydrogen) atoms. The molecule has 160 valence electrons. The summed E-state index contributed by atoms with van der Waals surface area (Å²) in [6.07, 6.45) is -12.5. The molecule has 0 aromatic heterocycles. The normalized spacial score (nSPS) is 18.1. The standard InChI is InChI=1S/C19H17F7O3/c1-2-3-6-11(10-17(20,18(21,22)23)29-19(24,25)26)14-9-15(27)12-7-4-5-8-13(12)16(14)28/h4-5,7-9,11H,2-3,6,10H2,1H3. The van der Waals surface area contributed by atoms with Crippen molar-refractivity contribution in [1.29, 1.82) is 0 Å². The third-order valence-corrected chi connectivity index (χ3v) is 4.54. The molecular formula is C19H17F7O3. The van der Waals surface area contributed by atoms with Crippen LogP contribution in [0.1, 0.15) is 53.3 Å². The van der Waals surface area contributed by atoms with Crippen LogP contribution in [0.3, 0.4) is 0 Å². The maximum atomic E-state index is 14.5. The number of hydrogen-bond donors (Lipinski definition) is 0. The molecule has 1 aliphatic rings. The molecule has 0 fully saturated rings. The van der Waals surface area contributed by atoms with Crippen LogP contribution in [-0.2, 0) is 4.74 Å². The summed E-state index contributed by atoms with van der Waals surface area (Å²) in [5.74, 6) is -8.18. The number of carbonyl (C=O) groups is 2. The van der Waals surface area contributed by atoms with E-state index in [9.17, 15) is 40.3 Å². The van der Waals surface area contributed by atoms with Crippen molar-refractivity contribution >= 4 is 11.6 Å². The van der Waals surface area contributed by atoms with Crippen LogP contribution in [0.5, 0.6) is 0 Å². The van der Waals surface area contributed by atoms with Crippen LogP contribution < -0.4 is 0 Å². The molecule has 3 nitrogen and oxygen atoms in total. The Hall–Kier alpha value is -2.23. The van der Waals surface area contributed by atoms with Gasteiger partial charge < -0.3 is 0 Å². The molecule has 0 radical (unpaired) electrons. The third kappa shape index (κ3) is 5.23. The van der Waals surface area contributed by atoms with Crippen molar-refractivity contribution in [2.45, 2.75) is 51.0 Å². The highest BCUT2D eigenvalue weighted by Crippen LogP contribution is 2.46. The fraction of sp³-hybridized carbons (Fsp3) is 0.474. The van der Waals surface area contributed by atoms with E-state index in [0.717, 1.165) is 6.08 Å². The Kier molecular flexibility index (Phi) is 6.56. The van der Waals surface area contributed by atoms with Gasteiger partial charge >= 0.3 is 18.4 Å². The molecule has 0 heterocycles. The lowest BCUT2D eigenvalue weighted by atomic mass is 9.78. The van der Waals surface area contributed by atoms with Gasteiger partial charge in [0.2, 0.25) is 0 Å². The number of ketones is 2. The molecule has 0 saturated carbocycles. The summed E-state index contributed by atoms with van der Waals surface area (Å²) in [7, 11) is 0. The first-order chi connectivity index (χ1) is 13.3. The Morgan fingerprint density at radius 1 is 0.966 bits per heavy atom. The van der Waals surface area contributed by atoms with Crippen molar-refractivity contribution in [3.63, 3.8) is 0 Å². The predicted octanol–water partition coefficient (Wildman–Crippen LogP) is 5.95. The molecule has 0 aliphatic heterocycles. The summed E-state index contributed by atoms with van der Waals surface area (Å²) < 4.78 is 94.0. The first-order valence-corrected chi connectivity index (χ1v) is 8.71. The summed E-state index contributed by atoms with van der Waals surface area (Å²) in [6.45, 7) is 1.66. The zero-order valence-electron chi connectivity index (χ0n) is 15.2. The second kappa shape index (κ2) is 8.25. The van der Waals surface area contributed by atoms with Crippen LogP contribution >= 0.6 is 0 Å². The molecule has 10 heteroatoms. The van der Waals surface area contributed by atoms with Gasteiger partial charge in [0, 0.05) is 23.1 Å². The van der Waals surface area contributed by atoms with Gasteiger partial charge in [-0.1, -0.05) is 44.0 Å². The van der Waals surface area contributed by atoms with Crippen LogP contribution in [0.25, 0.3) is 0 Å². The Morgan fingerprint density at radius 2 is 1.55 bits per heavy atom. The number of unbranched alkanes of at least 4 members (excludes halogenated alkanes) is 1. The van der Waals surface area contributed by atoms with Crippen LogP contribution in [0, 0.1) is 5.92 Å². The highest BCUT2D eigenvalue weighted by Gasteiger charge is 2.63.